The van der Waals surface area contributed by atoms with Crippen molar-refractivity contribution in [1.29, 1.82) is 0 Å². The Balaban J connectivity index is 1.44. The molecule has 0 spiro atoms. The Labute approximate surface area is 220 Å². The number of aliphatic hydroxyl groups excluding tert-OH is 1. The van der Waals surface area contributed by atoms with Crippen molar-refractivity contribution in [3.05, 3.63) is 65.6 Å². The van der Waals surface area contributed by atoms with Gasteiger partial charge in [-0.2, -0.15) is 5.10 Å². The van der Waals surface area contributed by atoms with E-state index in [1.807, 2.05) is 25.1 Å². The normalized spacial score (nSPS) is 15.0. The van der Waals surface area contributed by atoms with E-state index in [9.17, 15) is 14.3 Å². The van der Waals surface area contributed by atoms with E-state index in [0.717, 1.165) is 37.4 Å². The number of likely N-dealkylation sites (N-methyl/N-ethyl adjacent to an activating group) is 1. The lowest BCUT2D eigenvalue weighted by atomic mass is 10.0. The number of anilines is 3. The molecule has 9 nitrogen and oxygen atoms in total. The summed E-state index contributed by atoms with van der Waals surface area (Å²) in [5.74, 6) is -0.385. The van der Waals surface area contributed by atoms with Gasteiger partial charge in [-0.25, -0.2) is 4.39 Å². The Hall–Kier alpha value is -4.02. The number of aryl methyl sites for hydroxylation is 1. The number of hydrogen-bond donors (Lipinski definition) is 4. The number of nitrogens with one attached hydrogen (secondary N) is 3. The summed E-state index contributed by atoms with van der Waals surface area (Å²) in [6.45, 7) is 7.55. The maximum Gasteiger partial charge on any atom is 0.258 e. The zero-order valence-corrected chi connectivity index (χ0v) is 21.8. The van der Waals surface area contributed by atoms with Crippen molar-refractivity contribution in [3.63, 3.8) is 0 Å². The summed E-state index contributed by atoms with van der Waals surface area (Å²) in [6, 6.07) is 12.3. The molecule has 5 rings (SSSR count). The van der Waals surface area contributed by atoms with Gasteiger partial charge in [0.1, 0.15) is 5.82 Å². The van der Waals surface area contributed by atoms with E-state index in [4.69, 9.17) is 0 Å². The average Bonchev–Trinajstić information content (AvgIpc) is 3.29. The fourth-order valence-corrected chi connectivity index (χ4v) is 4.68. The van der Waals surface area contributed by atoms with Crippen LogP contribution in [0.2, 0.25) is 0 Å². The van der Waals surface area contributed by atoms with Gasteiger partial charge in [-0.05, 0) is 56.8 Å². The number of rotatable bonds is 7. The van der Waals surface area contributed by atoms with E-state index in [1.165, 1.54) is 6.07 Å². The van der Waals surface area contributed by atoms with Crippen LogP contribution in [0.25, 0.3) is 22.2 Å². The first kappa shape index (κ1) is 25.6. The number of aliphatic hydroxyl groups is 1. The van der Waals surface area contributed by atoms with E-state index >= 15 is 0 Å². The molecule has 1 unspecified atom stereocenters. The van der Waals surface area contributed by atoms with Crippen LogP contribution in [0.4, 0.5) is 21.6 Å². The van der Waals surface area contributed by atoms with E-state index < -0.39 is 6.10 Å². The molecule has 38 heavy (non-hydrogen) atoms. The molecule has 4 N–H and O–H groups in total. The Bertz CT molecular complexity index is 1440. The minimum absolute atomic E-state index is 0.300. The Morgan fingerprint density at radius 2 is 1.97 bits per heavy atom. The summed E-state index contributed by atoms with van der Waals surface area (Å²) in [5, 5.41) is 23.7. The molecule has 1 amide bonds. The van der Waals surface area contributed by atoms with E-state index in [-0.39, 0.29) is 11.7 Å². The number of fused-ring (bicyclic) bond motifs is 1. The number of aromatic nitrogens is 3. The Morgan fingerprint density at radius 1 is 1.18 bits per heavy atom. The molecule has 0 aliphatic carbocycles. The van der Waals surface area contributed by atoms with Gasteiger partial charge in [-0.3, -0.25) is 14.9 Å². The third-order valence-corrected chi connectivity index (χ3v) is 6.86. The van der Waals surface area contributed by atoms with Crippen molar-refractivity contribution in [3.8, 4) is 11.3 Å². The van der Waals surface area contributed by atoms with Crippen LogP contribution in [-0.2, 0) is 0 Å². The first-order valence-corrected chi connectivity index (χ1v) is 12.7. The van der Waals surface area contributed by atoms with Crippen LogP contribution < -0.4 is 15.5 Å². The Kier molecular flexibility index (Phi) is 7.26. The van der Waals surface area contributed by atoms with Gasteiger partial charge >= 0.3 is 0 Å². The van der Waals surface area contributed by atoms with Gasteiger partial charge < -0.3 is 25.5 Å². The van der Waals surface area contributed by atoms with Crippen molar-refractivity contribution >= 4 is 34.0 Å². The second-order valence-corrected chi connectivity index (χ2v) is 9.82. The van der Waals surface area contributed by atoms with Crippen LogP contribution in [0.3, 0.4) is 0 Å². The highest BCUT2D eigenvalue weighted by molar-refractivity contribution is 6.11. The van der Waals surface area contributed by atoms with E-state index in [1.54, 1.807) is 31.3 Å². The molecule has 3 heterocycles. The number of halogens is 1. The summed E-state index contributed by atoms with van der Waals surface area (Å²) < 4.78 is 14.6. The molecule has 10 heteroatoms. The lowest BCUT2D eigenvalue weighted by molar-refractivity contribution is 0.102. The van der Waals surface area contributed by atoms with Crippen LogP contribution in [0.5, 0.6) is 0 Å². The van der Waals surface area contributed by atoms with Gasteiger partial charge in [-0.15, -0.1) is 0 Å². The zero-order valence-electron chi connectivity index (χ0n) is 21.8. The number of carbonyl (C=O) groups is 1. The maximum absolute atomic E-state index is 14.6. The smallest absolute Gasteiger partial charge is 0.258 e. The van der Waals surface area contributed by atoms with E-state index in [0.29, 0.717) is 45.8 Å². The second kappa shape index (κ2) is 10.8. The maximum atomic E-state index is 14.6. The predicted molar refractivity (Wildman–Crippen MR) is 148 cm³/mol. The van der Waals surface area contributed by atoms with Gasteiger partial charge in [0.2, 0.25) is 0 Å². The molecule has 2 aromatic heterocycles. The SMILES string of the molecule is Cc1cccc(F)c1-c1cc2c(NC(=O)c3ccc(N4CCN(C)CC4)cc3NCC(C)O)n[nH]c2cn1. The van der Waals surface area contributed by atoms with Crippen LogP contribution in [0, 0.1) is 12.7 Å². The standard InChI is InChI=1S/C28H32FN7O2/c1-17-5-4-6-22(29)26(17)24-14-21-25(16-31-24)33-34-27(21)32-28(38)20-8-7-19(13-23(20)30-15-18(2)37)36-11-9-35(3)10-12-36/h4-8,13-14,16,18,30,37H,9-12,15H2,1-3H3,(H2,32,33,34,38). The molecule has 0 radical (unpaired) electrons. The number of amides is 1. The highest BCUT2D eigenvalue weighted by atomic mass is 19.1. The first-order valence-electron chi connectivity index (χ1n) is 12.7. The van der Waals surface area contributed by atoms with Gasteiger partial charge in [0.05, 0.1) is 29.1 Å². The number of benzene rings is 2. The fraction of sp³-hybridized carbons (Fsp3) is 0.321. The molecule has 0 bridgehead atoms. The molecule has 1 atom stereocenters. The molecule has 1 aliphatic rings. The number of nitrogens with zero attached hydrogens (tertiary/aromatic N) is 4. The minimum atomic E-state index is -0.582. The third kappa shape index (κ3) is 5.32. The fourth-order valence-electron chi connectivity index (χ4n) is 4.68. The van der Waals surface area contributed by atoms with Crippen LogP contribution in [-0.4, -0.2) is 77.0 Å². The minimum Gasteiger partial charge on any atom is -0.392 e. The summed E-state index contributed by atoms with van der Waals surface area (Å²) in [4.78, 5) is 22.4. The monoisotopic (exact) mass is 517 g/mol. The van der Waals surface area contributed by atoms with Crippen LogP contribution in [0.15, 0.2) is 48.7 Å². The summed E-state index contributed by atoms with van der Waals surface area (Å²) >= 11 is 0. The van der Waals surface area contributed by atoms with Crippen LogP contribution >= 0.6 is 0 Å². The van der Waals surface area contributed by atoms with Crippen molar-refractivity contribution in [2.24, 2.45) is 0 Å². The number of H-pyrrole nitrogens is 1. The number of piperazine rings is 1. The largest absolute Gasteiger partial charge is 0.392 e. The van der Waals surface area contributed by atoms with Crippen molar-refractivity contribution in [1.82, 2.24) is 20.1 Å². The first-order chi connectivity index (χ1) is 18.3. The summed E-state index contributed by atoms with van der Waals surface area (Å²) in [6.07, 6.45) is 1.00. The van der Waals surface area contributed by atoms with Crippen LogP contribution in [0.1, 0.15) is 22.8 Å². The summed E-state index contributed by atoms with van der Waals surface area (Å²) in [5.41, 5.74) is 4.33. The van der Waals surface area contributed by atoms with E-state index in [2.05, 4.69) is 42.7 Å². The van der Waals surface area contributed by atoms with Crippen molar-refractivity contribution in [2.75, 3.05) is 55.3 Å². The Morgan fingerprint density at radius 3 is 2.71 bits per heavy atom. The quantitative estimate of drug-likeness (QED) is 0.295. The molecule has 4 aromatic rings. The van der Waals surface area contributed by atoms with Crippen molar-refractivity contribution in [2.45, 2.75) is 20.0 Å². The molecule has 1 aliphatic heterocycles. The lowest BCUT2D eigenvalue weighted by Crippen LogP contribution is -2.44. The second-order valence-electron chi connectivity index (χ2n) is 9.82. The average molecular weight is 518 g/mol. The number of aromatic amines is 1. The predicted octanol–water partition coefficient (Wildman–Crippen LogP) is 3.87. The van der Waals surface area contributed by atoms with Gasteiger partial charge in [0, 0.05) is 55.0 Å². The zero-order chi connectivity index (χ0) is 26.8. The third-order valence-electron chi connectivity index (χ3n) is 6.86. The van der Waals surface area contributed by atoms with Crippen molar-refractivity contribution < 1.29 is 14.3 Å². The number of pyridine rings is 1. The molecule has 198 valence electrons. The lowest BCUT2D eigenvalue weighted by Gasteiger charge is -2.34. The van der Waals surface area contributed by atoms with Gasteiger partial charge in [0.25, 0.3) is 5.91 Å². The molecule has 2 aromatic carbocycles. The molecular formula is C28H32FN7O2. The summed E-state index contributed by atoms with van der Waals surface area (Å²) in [7, 11) is 2.11. The number of hydrogen-bond acceptors (Lipinski definition) is 7. The highest BCUT2D eigenvalue weighted by Crippen LogP contribution is 2.30. The van der Waals surface area contributed by atoms with Gasteiger partial charge in [0.15, 0.2) is 5.82 Å². The molecule has 1 saturated heterocycles. The molecule has 0 saturated carbocycles. The van der Waals surface area contributed by atoms with Gasteiger partial charge in [-0.1, -0.05) is 12.1 Å². The molecule has 1 fully saturated rings. The number of carbonyl (C=O) groups excluding carboxylic acids is 1. The topological polar surface area (TPSA) is 109 Å². The molecular weight excluding hydrogens is 485 g/mol. The highest BCUT2D eigenvalue weighted by Gasteiger charge is 2.20.